The van der Waals surface area contributed by atoms with Gasteiger partial charge in [0.2, 0.25) is 5.91 Å². The number of nitrogens with two attached hydrogens (primary N) is 1. The maximum Gasteiger partial charge on any atom is 0.343 e. The van der Waals surface area contributed by atoms with Crippen LogP contribution in [0.1, 0.15) is 47.4 Å². The van der Waals surface area contributed by atoms with Crippen LogP contribution in [0, 0.1) is 0 Å². The lowest BCUT2D eigenvalue weighted by molar-refractivity contribution is -0.131. The van der Waals surface area contributed by atoms with Gasteiger partial charge in [-0.15, -0.1) is 0 Å². The van der Waals surface area contributed by atoms with Crippen LogP contribution >= 0.6 is 11.8 Å². The van der Waals surface area contributed by atoms with Crippen molar-refractivity contribution < 1.29 is 14.3 Å². The van der Waals surface area contributed by atoms with Gasteiger partial charge in [0, 0.05) is 19.3 Å². The summed E-state index contributed by atoms with van der Waals surface area (Å²) in [6.45, 7) is 3.51. The molecule has 28 heavy (non-hydrogen) atoms. The van der Waals surface area contributed by atoms with E-state index < -0.39 is 11.2 Å². The van der Waals surface area contributed by atoms with Crippen LogP contribution in [0.25, 0.3) is 0 Å². The molecule has 8 heteroatoms. The molecule has 1 aromatic carbocycles. The number of ether oxygens (including phenoxy) is 1. The molecule has 0 bridgehead atoms. The zero-order chi connectivity index (χ0) is 19.9. The molecule has 2 aromatic rings. The first kappa shape index (κ1) is 20.1. The minimum atomic E-state index is -0.555. The number of piperidine rings is 1. The van der Waals surface area contributed by atoms with Gasteiger partial charge in [0.25, 0.3) is 0 Å². The van der Waals surface area contributed by atoms with Gasteiger partial charge < -0.3 is 15.4 Å². The lowest BCUT2D eigenvalue weighted by atomic mass is 10.1. The summed E-state index contributed by atoms with van der Waals surface area (Å²) >= 11 is 1.25. The average Bonchev–Trinajstić information content (AvgIpc) is 2.73. The second-order valence-electron chi connectivity index (χ2n) is 6.47. The molecule has 1 fully saturated rings. The maximum atomic E-state index is 13.2. The number of benzene rings is 1. The van der Waals surface area contributed by atoms with Gasteiger partial charge in [-0.3, -0.25) is 4.79 Å². The van der Waals surface area contributed by atoms with E-state index in [1.54, 1.807) is 6.92 Å². The largest absolute Gasteiger partial charge is 0.462 e. The van der Waals surface area contributed by atoms with E-state index in [-0.39, 0.29) is 23.9 Å². The fourth-order valence-electron chi connectivity index (χ4n) is 3.08. The SMILES string of the molecule is CCOC(=O)c1cnc(SC(C(=O)N2CCCCC2)c2ccccc2)nc1N. The molecule has 7 nitrogen and oxygen atoms in total. The molecule has 0 radical (unpaired) electrons. The minimum absolute atomic E-state index is 0.0486. The highest BCUT2D eigenvalue weighted by Crippen LogP contribution is 2.36. The molecule has 0 saturated carbocycles. The summed E-state index contributed by atoms with van der Waals surface area (Å²) in [7, 11) is 0. The van der Waals surface area contributed by atoms with Crippen molar-refractivity contribution in [2.24, 2.45) is 0 Å². The number of hydrogen-bond donors (Lipinski definition) is 1. The average molecular weight is 401 g/mol. The zero-order valence-electron chi connectivity index (χ0n) is 15.8. The van der Waals surface area contributed by atoms with Gasteiger partial charge in [0.15, 0.2) is 5.16 Å². The molecule has 1 aliphatic heterocycles. The molecule has 2 N–H and O–H groups in total. The Kier molecular flexibility index (Phi) is 6.86. The van der Waals surface area contributed by atoms with Crippen molar-refractivity contribution >= 4 is 29.5 Å². The van der Waals surface area contributed by atoms with E-state index in [9.17, 15) is 9.59 Å². The number of esters is 1. The van der Waals surface area contributed by atoms with Crippen molar-refractivity contribution in [2.75, 3.05) is 25.4 Å². The van der Waals surface area contributed by atoms with Crippen LogP contribution in [0.3, 0.4) is 0 Å². The molecule has 1 saturated heterocycles. The zero-order valence-corrected chi connectivity index (χ0v) is 16.7. The van der Waals surface area contributed by atoms with Gasteiger partial charge in [-0.05, 0) is 31.7 Å². The third kappa shape index (κ3) is 4.81. The van der Waals surface area contributed by atoms with Gasteiger partial charge in [-0.2, -0.15) is 0 Å². The third-order valence-corrected chi connectivity index (χ3v) is 5.63. The van der Waals surface area contributed by atoms with E-state index >= 15 is 0 Å². The summed E-state index contributed by atoms with van der Waals surface area (Å²) in [5.74, 6) is -0.457. The van der Waals surface area contributed by atoms with Crippen molar-refractivity contribution in [3.05, 3.63) is 47.7 Å². The Bertz CT molecular complexity index is 825. The number of aromatic nitrogens is 2. The van der Waals surface area contributed by atoms with E-state index in [2.05, 4.69) is 9.97 Å². The number of amides is 1. The van der Waals surface area contributed by atoms with E-state index in [4.69, 9.17) is 10.5 Å². The summed E-state index contributed by atoms with van der Waals surface area (Å²) in [6.07, 6.45) is 4.56. The molecule has 2 heterocycles. The highest BCUT2D eigenvalue weighted by Gasteiger charge is 2.29. The summed E-state index contributed by atoms with van der Waals surface area (Å²) in [6, 6.07) is 9.59. The predicted octanol–water partition coefficient (Wildman–Crippen LogP) is 3.08. The molecule has 1 unspecified atom stereocenters. The van der Waals surface area contributed by atoms with Crippen LogP contribution in [0.15, 0.2) is 41.7 Å². The molecule has 1 atom stereocenters. The van der Waals surface area contributed by atoms with Crippen LogP contribution < -0.4 is 5.73 Å². The first-order chi connectivity index (χ1) is 13.6. The van der Waals surface area contributed by atoms with Gasteiger partial charge in [0.1, 0.15) is 16.6 Å². The summed E-state index contributed by atoms with van der Waals surface area (Å²) in [5.41, 5.74) is 6.94. The molecule has 1 amide bonds. The monoisotopic (exact) mass is 400 g/mol. The van der Waals surface area contributed by atoms with E-state index in [1.807, 2.05) is 35.2 Å². The van der Waals surface area contributed by atoms with Crippen LogP contribution in [0.5, 0.6) is 0 Å². The molecule has 0 spiro atoms. The van der Waals surface area contributed by atoms with Gasteiger partial charge in [-0.1, -0.05) is 42.1 Å². The second-order valence-corrected chi connectivity index (χ2v) is 7.54. The number of carbonyl (C=O) groups is 2. The number of hydrogen-bond acceptors (Lipinski definition) is 7. The van der Waals surface area contributed by atoms with E-state index in [0.29, 0.717) is 5.16 Å². The number of anilines is 1. The Morgan fingerprint density at radius 2 is 1.93 bits per heavy atom. The summed E-state index contributed by atoms with van der Waals surface area (Å²) in [5, 5.41) is -0.114. The van der Waals surface area contributed by atoms with Crippen LogP contribution in [-0.4, -0.2) is 46.4 Å². The summed E-state index contributed by atoms with van der Waals surface area (Å²) < 4.78 is 4.95. The van der Waals surface area contributed by atoms with Crippen molar-refractivity contribution in [3.8, 4) is 0 Å². The highest BCUT2D eigenvalue weighted by molar-refractivity contribution is 8.00. The van der Waals surface area contributed by atoms with E-state index in [0.717, 1.165) is 37.9 Å². The second kappa shape index (κ2) is 9.54. The Morgan fingerprint density at radius 1 is 1.21 bits per heavy atom. The predicted molar refractivity (Wildman–Crippen MR) is 108 cm³/mol. The Hall–Kier alpha value is -2.61. The number of rotatable bonds is 6. The third-order valence-electron chi connectivity index (χ3n) is 4.51. The van der Waals surface area contributed by atoms with Crippen molar-refractivity contribution in [3.63, 3.8) is 0 Å². The Labute approximate surface area is 168 Å². The van der Waals surface area contributed by atoms with Crippen LogP contribution in [-0.2, 0) is 9.53 Å². The lowest BCUT2D eigenvalue weighted by Crippen LogP contribution is -2.38. The van der Waals surface area contributed by atoms with Gasteiger partial charge in [-0.25, -0.2) is 14.8 Å². The van der Waals surface area contributed by atoms with Crippen molar-refractivity contribution in [1.82, 2.24) is 14.9 Å². The number of nitrogen functional groups attached to an aromatic ring is 1. The lowest BCUT2D eigenvalue weighted by Gasteiger charge is -2.30. The number of nitrogens with zero attached hydrogens (tertiary/aromatic N) is 3. The van der Waals surface area contributed by atoms with Crippen LogP contribution in [0.2, 0.25) is 0 Å². The Balaban J connectivity index is 1.84. The van der Waals surface area contributed by atoms with E-state index in [1.165, 1.54) is 18.0 Å². The quantitative estimate of drug-likeness (QED) is 0.452. The van der Waals surface area contributed by atoms with Crippen LogP contribution in [0.4, 0.5) is 5.82 Å². The Morgan fingerprint density at radius 3 is 2.57 bits per heavy atom. The first-order valence-corrected chi connectivity index (χ1v) is 10.3. The van der Waals surface area contributed by atoms with Gasteiger partial charge in [0.05, 0.1) is 6.61 Å². The fourth-order valence-corrected chi connectivity index (χ4v) is 4.09. The molecule has 0 aliphatic carbocycles. The standard InChI is InChI=1S/C20H24N4O3S/c1-2-27-19(26)15-13-22-20(23-17(15)21)28-16(14-9-5-3-6-10-14)18(25)24-11-7-4-8-12-24/h3,5-6,9-10,13,16H,2,4,7-8,11-12H2,1H3,(H2,21,22,23). The molecule has 148 valence electrons. The number of thioether (sulfide) groups is 1. The molecule has 1 aliphatic rings. The number of likely N-dealkylation sites (tertiary alicyclic amines) is 1. The first-order valence-electron chi connectivity index (χ1n) is 9.40. The maximum absolute atomic E-state index is 13.2. The van der Waals surface area contributed by atoms with Crippen molar-refractivity contribution in [1.29, 1.82) is 0 Å². The van der Waals surface area contributed by atoms with Gasteiger partial charge >= 0.3 is 5.97 Å². The number of carbonyl (C=O) groups excluding carboxylic acids is 2. The fraction of sp³-hybridized carbons (Fsp3) is 0.400. The molecular weight excluding hydrogens is 376 g/mol. The normalized spacial score (nSPS) is 15.1. The summed E-state index contributed by atoms with van der Waals surface area (Å²) in [4.78, 5) is 35.4. The molecule has 1 aromatic heterocycles. The highest BCUT2D eigenvalue weighted by atomic mass is 32.2. The van der Waals surface area contributed by atoms with Crippen molar-refractivity contribution in [2.45, 2.75) is 36.6 Å². The molecular formula is C20H24N4O3S. The topological polar surface area (TPSA) is 98.4 Å². The minimum Gasteiger partial charge on any atom is -0.462 e. The smallest absolute Gasteiger partial charge is 0.343 e. The molecule has 3 rings (SSSR count).